The van der Waals surface area contributed by atoms with Crippen LogP contribution in [0.4, 0.5) is 19.0 Å². The van der Waals surface area contributed by atoms with Crippen LogP contribution in [-0.2, 0) is 6.18 Å². The van der Waals surface area contributed by atoms with Crippen LogP contribution in [0.5, 0.6) is 0 Å². The van der Waals surface area contributed by atoms with Gasteiger partial charge in [0.1, 0.15) is 5.82 Å². The highest BCUT2D eigenvalue weighted by molar-refractivity contribution is 6.28. The van der Waals surface area contributed by atoms with Gasteiger partial charge in [-0.3, -0.25) is 4.90 Å². The van der Waals surface area contributed by atoms with Crippen LogP contribution >= 0.6 is 11.6 Å². The van der Waals surface area contributed by atoms with Gasteiger partial charge in [-0.05, 0) is 24.6 Å². The Kier molecular flexibility index (Phi) is 4.70. The molecule has 0 bridgehead atoms. The van der Waals surface area contributed by atoms with Crippen LogP contribution in [0.15, 0.2) is 6.07 Å². The molecule has 20 heavy (non-hydrogen) atoms. The van der Waals surface area contributed by atoms with E-state index in [0.29, 0.717) is 13.1 Å². The second-order valence-electron chi connectivity index (χ2n) is 4.71. The molecule has 1 aromatic heterocycles. The maximum Gasteiger partial charge on any atom is 0.433 e. The number of aromatic nitrogens is 2. The van der Waals surface area contributed by atoms with Crippen molar-refractivity contribution in [2.75, 3.05) is 37.6 Å². The van der Waals surface area contributed by atoms with Crippen LogP contribution < -0.4 is 4.90 Å². The molecule has 1 fully saturated rings. The molecular weight excluding hydrogens is 293 g/mol. The molecule has 8 heteroatoms. The normalized spacial score (nSPS) is 17.6. The van der Waals surface area contributed by atoms with Gasteiger partial charge in [0.15, 0.2) is 5.69 Å². The fraction of sp³-hybridized carbons (Fsp3) is 0.667. The molecule has 2 heterocycles. The summed E-state index contributed by atoms with van der Waals surface area (Å²) in [5.41, 5.74) is -0.997. The van der Waals surface area contributed by atoms with Gasteiger partial charge in [0.25, 0.3) is 0 Å². The Morgan fingerprint density at radius 3 is 2.40 bits per heavy atom. The van der Waals surface area contributed by atoms with Crippen LogP contribution in [0, 0.1) is 0 Å². The van der Waals surface area contributed by atoms with Gasteiger partial charge in [0.05, 0.1) is 0 Å². The van der Waals surface area contributed by atoms with E-state index in [2.05, 4.69) is 21.8 Å². The standard InChI is InChI=1S/C12H16ClF3N4/c1-2-3-19-4-6-20(7-5-19)10-8-9(12(14,15)16)17-11(13)18-10/h8H,2-7H2,1H3. The highest BCUT2D eigenvalue weighted by Crippen LogP contribution is 2.30. The van der Waals surface area contributed by atoms with E-state index in [4.69, 9.17) is 11.6 Å². The molecule has 1 saturated heterocycles. The first-order valence-electron chi connectivity index (χ1n) is 6.49. The first kappa shape index (κ1) is 15.3. The second-order valence-corrected chi connectivity index (χ2v) is 5.04. The Hall–Kier alpha value is -1.08. The molecule has 2 rings (SSSR count). The van der Waals surface area contributed by atoms with E-state index in [9.17, 15) is 13.2 Å². The Balaban J connectivity index is 2.12. The van der Waals surface area contributed by atoms with E-state index in [1.165, 1.54) is 0 Å². The summed E-state index contributed by atoms with van der Waals surface area (Å²) in [4.78, 5) is 11.2. The maximum absolute atomic E-state index is 12.7. The highest BCUT2D eigenvalue weighted by atomic mass is 35.5. The number of halogens is 4. The molecule has 1 aliphatic rings. The topological polar surface area (TPSA) is 32.3 Å². The molecule has 1 aromatic rings. The lowest BCUT2D eigenvalue weighted by Crippen LogP contribution is -2.46. The predicted molar refractivity (Wildman–Crippen MR) is 71.0 cm³/mol. The van der Waals surface area contributed by atoms with Crippen molar-refractivity contribution in [3.8, 4) is 0 Å². The number of hydrogen-bond donors (Lipinski definition) is 0. The van der Waals surface area contributed by atoms with Crippen LogP contribution in [0.3, 0.4) is 0 Å². The monoisotopic (exact) mass is 308 g/mol. The van der Waals surface area contributed by atoms with Crippen LogP contribution in [0.2, 0.25) is 5.28 Å². The Bertz CT molecular complexity index is 459. The molecule has 0 atom stereocenters. The molecule has 0 amide bonds. The maximum atomic E-state index is 12.7. The van der Waals surface area contributed by atoms with E-state index in [-0.39, 0.29) is 11.1 Å². The smallest absolute Gasteiger partial charge is 0.354 e. The number of alkyl halides is 3. The molecule has 4 nitrogen and oxygen atoms in total. The minimum Gasteiger partial charge on any atom is -0.354 e. The summed E-state index contributed by atoms with van der Waals surface area (Å²) in [6.07, 6.45) is -3.44. The molecule has 0 unspecified atom stereocenters. The molecule has 0 aromatic carbocycles. The van der Waals surface area contributed by atoms with Crippen molar-refractivity contribution in [2.45, 2.75) is 19.5 Å². The molecular formula is C12H16ClF3N4. The number of nitrogens with zero attached hydrogens (tertiary/aromatic N) is 4. The van der Waals surface area contributed by atoms with Crippen molar-refractivity contribution in [1.29, 1.82) is 0 Å². The molecule has 0 spiro atoms. The summed E-state index contributed by atoms with van der Waals surface area (Å²) in [5, 5.41) is -0.370. The third-order valence-corrected chi connectivity index (χ3v) is 3.38. The number of hydrogen-bond acceptors (Lipinski definition) is 4. The average Bonchev–Trinajstić information content (AvgIpc) is 2.38. The van der Waals surface area contributed by atoms with Gasteiger partial charge in [0, 0.05) is 32.2 Å². The third-order valence-electron chi connectivity index (χ3n) is 3.21. The van der Waals surface area contributed by atoms with Crippen molar-refractivity contribution < 1.29 is 13.2 Å². The van der Waals surface area contributed by atoms with Gasteiger partial charge in [0.2, 0.25) is 5.28 Å². The van der Waals surface area contributed by atoms with Crippen LogP contribution in [0.1, 0.15) is 19.0 Å². The largest absolute Gasteiger partial charge is 0.433 e. The molecule has 0 saturated carbocycles. The lowest BCUT2D eigenvalue weighted by Gasteiger charge is -2.35. The molecule has 1 aliphatic heterocycles. The van der Waals surface area contributed by atoms with Crippen molar-refractivity contribution in [2.24, 2.45) is 0 Å². The lowest BCUT2D eigenvalue weighted by atomic mass is 10.3. The Labute approximate surface area is 120 Å². The quantitative estimate of drug-likeness (QED) is 0.804. The lowest BCUT2D eigenvalue weighted by molar-refractivity contribution is -0.141. The van der Waals surface area contributed by atoms with Gasteiger partial charge < -0.3 is 4.90 Å². The van der Waals surface area contributed by atoms with Crippen molar-refractivity contribution in [3.05, 3.63) is 17.0 Å². The van der Waals surface area contributed by atoms with Gasteiger partial charge in [-0.1, -0.05) is 6.92 Å². The van der Waals surface area contributed by atoms with E-state index in [1.54, 1.807) is 0 Å². The summed E-state index contributed by atoms with van der Waals surface area (Å²) < 4.78 is 38.1. The summed E-state index contributed by atoms with van der Waals surface area (Å²) >= 11 is 5.59. The van der Waals surface area contributed by atoms with Crippen molar-refractivity contribution in [3.63, 3.8) is 0 Å². The number of rotatable bonds is 3. The first-order valence-corrected chi connectivity index (χ1v) is 6.87. The summed E-state index contributed by atoms with van der Waals surface area (Å²) in [6, 6.07) is 0.960. The SMILES string of the molecule is CCCN1CCN(c2cc(C(F)(F)F)nc(Cl)n2)CC1. The van der Waals surface area contributed by atoms with E-state index >= 15 is 0 Å². The van der Waals surface area contributed by atoms with Gasteiger partial charge in [-0.15, -0.1) is 0 Å². The fourth-order valence-corrected chi connectivity index (χ4v) is 2.41. The van der Waals surface area contributed by atoms with Gasteiger partial charge in [-0.25, -0.2) is 9.97 Å². The predicted octanol–water partition coefficient (Wildman–Crippen LogP) is 2.68. The average molecular weight is 309 g/mol. The molecule has 0 radical (unpaired) electrons. The first-order chi connectivity index (χ1) is 9.40. The van der Waals surface area contributed by atoms with E-state index < -0.39 is 11.9 Å². The molecule has 0 N–H and O–H groups in total. The number of piperazine rings is 1. The Morgan fingerprint density at radius 2 is 1.85 bits per heavy atom. The summed E-state index contributed by atoms with van der Waals surface area (Å²) in [6.45, 7) is 6.03. The number of anilines is 1. The zero-order valence-electron chi connectivity index (χ0n) is 11.1. The fourth-order valence-electron chi connectivity index (χ4n) is 2.23. The highest BCUT2D eigenvalue weighted by Gasteiger charge is 2.34. The molecule has 112 valence electrons. The third kappa shape index (κ3) is 3.73. The van der Waals surface area contributed by atoms with E-state index in [1.807, 2.05) is 4.90 Å². The van der Waals surface area contributed by atoms with Crippen LogP contribution in [0.25, 0.3) is 0 Å². The molecule has 0 aliphatic carbocycles. The van der Waals surface area contributed by atoms with Crippen molar-refractivity contribution >= 4 is 17.4 Å². The van der Waals surface area contributed by atoms with Crippen molar-refractivity contribution in [1.82, 2.24) is 14.9 Å². The zero-order valence-corrected chi connectivity index (χ0v) is 11.9. The second kappa shape index (κ2) is 6.13. The van der Waals surface area contributed by atoms with Gasteiger partial charge >= 0.3 is 6.18 Å². The van der Waals surface area contributed by atoms with E-state index in [0.717, 1.165) is 32.1 Å². The Morgan fingerprint density at radius 1 is 1.20 bits per heavy atom. The van der Waals surface area contributed by atoms with Gasteiger partial charge in [-0.2, -0.15) is 13.2 Å². The summed E-state index contributed by atoms with van der Waals surface area (Å²) in [7, 11) is 0. The summed E-state index contributed by atoms with van der Waals surface area (Å²) in [5.74, 6) is 0.244. The minimum absolute atomic E-state index is 0.244. The van der Waals surface area contributed by atoms with Crippen LogP contribution in [-0.4, -0.2) is 47.6 Å². The zero-order chi connectivity index (χ0) is 14.8. The minimum atomic E-state index is -4.51.